The minimum atomic E-state index is 0.228. The molecular formula is C14H24ClN3S. The third-order valence-electron chi connectivity index (χ3n) is 3.86. The second-order valence-electron chi connectivity index (χ2n) is 5.35. The number of aromatic nitrogens is 2. The van der Waals surface area contributed by atoms with Crippen LogP contribution in [0.3, 0.4) is 0 Å². The lowest BCUT2D eigenvalue weighted by Crippen LogP contribution is -2.39. The van der Waals surface area contributed by atoms with Crippen molar-refractivity contribution in [2.45, 2.75) is 57.4 Å². The fraction of sp³-hybridized carbons (Fsp3) is 0.786. The van der Waals surface area contributed by atoms with E-state index >= 15 is 0 Å². The highest BCUT2D eigenvalue weighted by Crippen LogP contribution is 2.47. The van der Waals surface area contributed by atoms with Crippen LogP contribution in [-0.4, -0.2) is 26.8 Å². The minimum Gasteiger partial charge on any atom is -0.307 e. The molecule has 0 spiro atoms. The predicted molar refractivity (Wildman–Crippen MR) is 84.0 cm³/mol. The van der Waals surface area contributed by atoms with Crippen LogP contribution in [-0.2, 0) is 6.54 Å². The van der Waals surface area contributed by atoms with Gasteiger partial charge in [-0.3, -0.25) is 4.68 Å². The van der Waals surface area contributed by atoms with E-state index in [9.17, 15) is 0 Å². The Morgan fingerprint density at radius 1 is 1.58 bits per heavy atom. The molecule has 2 rings (SSSR count). The third-order valence-corrected chi connectivity index (χ3v) is 5.75. The van der Waals surface area contributed by atoms with Crippen molar-refractivity contribution in [2.75, 3.05) is 12.3 Å². The minimum absolute atomic E-state index is 0.228. The lowest BCUT2D eigenvalue weighted by molar-refractivity contribution is 0.387. The van der Waals surface area contributed by atoms with E-state index in [1.165, 1.54) is 18.6 Å². The maximum atomic E-state index is 6.41. The fourth-order valence-electron chi connectivity index (χ4n) is 2.83. The van der Waals surface area contributed by atoms with Crippen LogP contribution < -0.4 is 5.32 Å². The Bertz CT molecular complexity index is 413. The summed E-state index contributed by atoms with van der Waals surface area (Å²) < 4.78 is 2.27. The van der Waals surface area contributed by atoms with Gasteiger partial charge in [-0.05, 0) is 45.4 Å². The van der Waals surface area contributed by atoms with Gasteiger partial charge in [0, 0.05) is 11.3 Å². The van der Waals surface area contributed by atoms with Gasteiger partial charge in [-0.1, -0.05) is 18.5 Å². The van der Waals surface area contributed by atoms with Crippen molar-refractivity contribution in [1.82, 2.24) is 15.1 Å². The van der Waals surface area contributed by atoms with Crippen molar-refractivity contribution in [2.24, 2.45) is 0 Å². The molecule has 2 atom stereocenters. The Labute approximate surface area is 125 Å². The molecule has 0 bridgehead atoms. The van der Waals surface area contributed by atoms with Crippen LogP contribution in [0.4, 0.5) is 0 Å². The van der Waals surface area contributed by atoms with Crippen LogP contribution in [0.2, 0.25) is 5.02 Å². The van der Waals surface area contributed by atoms with E-state index in [0.717, 1.165) is 30.2 Å². The summed E-state index contributed by atoms with van der Waals surface area (Å²) in [7, 11) is 0. The van der Waals surface area contributed by atoms with Gasteiger partial charge in [0.1, 0.15) is 0 Å². The topological polar surface area (TPSA) is 29.9 Å². The van der Waals surface area contributed by atoms with Crippen molar-refractivity contribution in [3.8, 4) is 0 Å². The molecule has 1 aromatic heterocycles. The Morgan fingerprint density at radius 2 is 2.37 bits per heavy atom. The molecule has 1 saturated heterocycles. The van der Waals surface area contributed by atoms with Gasteiger partial charge < -0.3 is 5.32 Å². The molecule has 0 saturated carbocycles. The van der Waals surface area contributed by atoms with Crippen LogP contribution in [0.15, 0.2) is 6.20 Å². The zero-order chi connectivity index (χ0) is 13.9. The van der Waals surface area contributed by atoms with Crippen molar-refractivity contribution in [3.63, 3.8) is 0 Å². The number of hydrogen-bond donors (Lipinski definition) is 1. The molecule has 1 aliphatic heterocycles. The number of nitrogens with zero attached hydrogens (tertiary/aromatic N) is 2. The standard InChI is InChI=1S/C14H24ClN3S/c1-4-8-16-13(14(3)7-6-9-19-14)12-11(15)10-17-18(12)5-2/h10,13,16H,4-9H2,1-3H3. The number of aryl methyl sites for hydroxylation is 1. The molecule has 1 aliphatic rings. The summed E-state index contributed by atoms with van der Waals surface area (Å²) in [6.45, 7) is 8.57. The van der Waals surface area contributed by atoms with Crippen molar-refractivity contribution in [3.05, 3.63) is 16.9 Å². The van der Waals surface area contributed by atoms with Gasteiger partial charge >= 0.3 is 0 Å². The maximum absolute atomic E-state index is 6.41. The summed E-state index contributed by atoms with van der Waals surface area (Å²) in [5, 5.41) is 8.90. The summed E-state index contributed by atoms with van der Waals surface area (Å²) in [6.07, 6.45) is 5.45. The van der Waals surface area contributed by atoms with Gasteiger partial charge in [-0.25, -0.2) is 0 Å². The Balaban J connectivity index is 2.33. The van der Waals surface area contributed by atoms with E-state index in [1.54, 1.807) is 6.20 Å². The van der Waals surface area contributed by atoms with Gasteiger partial charge in [-0.2, -0.15) is 16.9 Å². The number of halogens is 1. The van der Waals surface area contributed by atoms with Gasteiger partial charge in [0.2, 0.25) is 0 Å². The molecule has 0 aromatic carbocycles. The molecule has 108 valence electrons. The zero-order valence-corrected chi connectivity index (χ0v) is 13.7. The number of nitrogens with one attached hydrogen (secondary N) is 1. The van der Waals surface area contributed by atoms with E-state index < -0.39 is 0 Å². The van der Waals surface area contributed by atoms with E-state index in [1.807, 2.05) is 4.68 Å². The number of rotatable bonds is 6. The van der Waals surface area contributed by atoms with Crippen LogP contribution in [0, 0.1) is 0 Å². The monoisotopic (exact) mass is 301 g/mol. The number of hydrogen-bond acceptors (Lipinski definition) is 3. The normalized spacial score (nSPS) is 24.8. The van der Waals surface area contributed by atoms with Crippen molar-refractivity contribution in [1.29, 1.82) is 0 Å². The summed E-state index contributed by atoms with van der Waals surface area (Å²) in [6, 6.07) is 0.287. The first-order valence-corrected chi connectivity index (χ1v) is 8.57. The number of thioether (sulfide) groups is 1. The van der Waals surface area contributed by atoms with Gasteiger partial charge in [0.05, 0.1) is 23.0 Å². The molecule has 0 aliphatic carbocycles. The summed E-state index contributed by atoms with van der Waals surface area (Å²) in [5.41, 5.74) is 1.16. The molecule has 1 aromatic rings. The van der Waals surface area contributed by atoms with E-state index in [4.69, 9.17) is 11.6 Å². The van der Waals surface area contributed by atoms with Gasteiger partial charge in [-0.15, -0.1) is 0 Å². The molecule has 2 heterocycles. The smallest absolute Gasteiger partial charge is 0.0834 e. The average Bonchev–Trinajstić information content (AvgIpc) is 2.98. The Kier molecular flexibility index (Phi) is 5.21. The van der Waals surface area contributed by atoms with Gasteiger partial charge in [0.25, 0.3) is 0 Å². The highest BCUT2D eigenvalue weighted by molar-refractivity contribution is 8.00. The quantitative estimate of drug-likeness (QED) is 0.864. The second kappa shape index (κ2) is 6.51. The van der Waals surface area contributed by atoms with E-state index in [0.29, 0.717) is 0 Å². The van der Waals surface area contributed by atoms with E-state index in [-0.39, 0.29) is 10.8 Å². The van der Waals surface area contributed by atoms with Crippen LogP contribution in [0.25, 0.3) is 0 Å². The van der Waals surface area contributed by atoms with Crippen molar-refractivity contribution < 1.29 is 0 Å². The first-order chi connectivity index (χ1) is 9.12. The molecule has 0 radical (unpaired) electrons. The molecule has 3 nitrogen and oxygen atoms in total. The predicted octanol–water partition coefficient (Wildman–Crippen LogP) is 3.88. The lowest BCUT2D eigenvalue weighted by atomic mass is 9.93. The van der Waals surface area contributed by atoms with Crippen LogP contribution >= 0.6 is 23.4 Å². The summed E-state index contributed by atoms with van der Waals surface area (Å²) >= 11 is 8.47. The Morgan fingerprint density at radius 3 is 2.95 bits per heavy atom. The second-order valence-corrected chi connectivity index (χ2v) is 7.38. The highest BCUT2D eigenvalue weighted by atomic mass is 35.5. The van der Waals surface area contributed by atoms with Crippen molar-refractivity contribution >= 4 is 23.4 Å². The first-order valence-electron chi connectivity index (χ1n) is 7.21. The average molecular weight is 302 g/mol. The SMILES string of the molecule is CCCNC(c1c(Cl)cnn1CC)C1(C)CCCS1. The third kappa shape index (κ3) is 3.11. The molecule has 2 unspecified atom stereocenters. The molecule has 1 fully saturated rings. The highest BCUT2D eigenvalue weighted by Gasteiger charge is 2.40. The lowest BCUT2D eigenvalue weighted by Gasteiger charge is -2.34. The molecule has 19 heavy (non-hydrogen) atoms. The molecule has 5 heteroatoms. The molecular weight excluding hydrogens is 278 g/mol. The largest absolute Gasteiger partial charge is 0.307 e. The van der Waals surface area contributed by atoms with Crippen LogP contribution in [0.5, 0.6) is 0 Å². The van der Waals surface area contributed by atoms with E-state index in [2.05, 4.69) is 42.9 Å². The summed E-state index contributed by atoms with van der Waals surface area (Å²) in [4.78, 5) is 0. The molecule has 0 amide bonds. The maximum Gasteiger partial charge on any atom is 0.0834 e. The molecule has 1 N–H and O–H groups in total. The fourth-order valence-corrected chi connectivity index (χ4v) is 4.49. The van der Waals surface area contributed by atoms with Crippen LogP contribution in [0.1, 0.15) is 51.8 Å². The summed E-state index contributed by atoms with van der Waals surface area (Å²) in [5.74, 6) is 1.25. The zero-order valence-electron chi connectivity index (χ0n) is 12.1. The Hall–Kier alpha value is -0.190. The van der Waals surface area contributed by atoms with Gasteiger partial charge in [0.15, 0.2) is 0 Å². The first kappa shape index (κ1) is 15.2.